The van der Waals surface area contributed by atoms with E-state index in [4.69, 9.17) is 4.74 Å². The van der Waals surface area contributed by atoms with Gasteiger partial charge in [-0.3, -0.25) is 14.7 Å². The second-order valence-corrected chi connectivity index (χ2v) is 7.21. The molecule has 2 N–H and O–H groups in total. The van der Waals surface area contributed by atoms with Crippen molar-refractivity contribution in [3.8, 4) is 5.75 Å². The Morgan fingerprint density at radius 3 is 2.23 bits per heavy atom. The largest absolute Gasteiger partial charge is 0.497 e. The summed E-state index contributed by atoms with van der Waals surface area (Å²) in [5.41, 5.74) is 1.97. The molecule has 0 aromatic heterocycles. The van der Waals surface area contributed by atoms with E-state index in [-0.39, 0.29) is 29.9 Å². The van der Waals surface area contributed by atoms with Crippen LogP contribution in [0.5, 0.6) is 5.75 Å². The van der Waals surface area contributed by atoms with Crippen molar-refractivity contribution in [2.24, 2.45) is 4.99 Å². The second-order valence-electron chi connectivity index (χ2n) is 7.21. The van der Waals surface area contributed by atoms with Gasteiger partial charge in [-0.1, -0.05) is 30.3 Å². The fourth-order valence-corrected chi connectivity index (χ4v) is 3.49. The Hall–Kier alpha value is -2.33. The molecule has 1 fully saturated rings. The summed E-state index contributed by atoms with van der Waals surface area (Å²) in [6.45, 7) is 6.01. The summed E-state index contributed by atoms with van der Waals surface area (Å²) >= 11 is 0. The number of hydrogen-bond acceptors (Lipinski definition) is 4. The number of methoxy groups -OCH3 is 1. The number of carbonyl (C=O) groups excluding carboxylic acids is 1. The van der Waals surface area contributed by atoms with E-state index in [9.17, 15) is 4.79 Å². The van der Waals surface area contributed by atoms with Crippen LogP contribution in [0.4, 0.5) is 0 Å². The molecule has 0 atom stereocenters. The molecule has 0 aliphatic carbocycles. The van der Waals surface area contributed by atoms with Gasteiger partial charge in [0.2, 0.25) is 0 Å². The van der Waals surface area contributed by atoms with E-state index in [1.54, 1.807) is 38.4 Å². The summed E-state index contributed by atoms with van der Waals surface area (Å²) in [7, 11) is 3.41. The van der Waals surface area contributed by atoms with Crippen LogP contribution < -0.4 is 15.4 Å². The maximum Gasteiger partial charge on any atom is 0.251 e. The predicted octanol–water partition coefficient (Wildman–Crippen LogP) is 2.44. The highest BCUT2D eigenvalue weighted by atomic mass is 127. The summed E-state index contributed by atoms with van der Waals surface area (Å²) in [6, 6.07) is 17.7. The standard InChI is InChI=1S/C23H31N5O2.HI/c1-24-23(26-13-12-25-22(29)20-8-10-21(30-2)11-9-20)28-16-14-27(15-17-28)18-19-6-4-3-5-7-19;/h3-11H,12-18H2,1-2H3,(H,24,26)(H,25,29);1H. The van der Waals surface area contributed by atoms with E-state index in [0.29, 0.717) is 18.7 Å². The Balaban J connectivity index is 0.00000341. The molecular weight excluding hydrogens is 505 g/mol. The van der Waals surface area contributed by atoms with Crippen molar-refractivity contribution in [1.29, 1.82) is 0 Å². The molecule has 0 spiro atoms. The first kappa shape index (κ1) is 24.9. The van der Waals surface area contributed by atoms with Gasteiger partial charge < -0.3 is 20.3 Å². The van der Waals surface area contributed by atoms with Gasteiger partial charge >= 0.3 is 0 Å². The maximum atomic E-state index is 12.2. The lowest BCUT2D eigenvalue weighted by Crippen LogP contribution is -2.52. The molecule has 1 saturated heterocycles. The number of carbonyl (C=O) groups is 1. The van der Waals surface area contributed by atoms with E-state index in [0.717, 1.165) is 44.4 Å². The molecule has 7 nitrogen and oxygen atoms in total. The molecule has 3 rings (SSSR count). The first-order chi connectivity index (χ1) is 14.7. The zero-order valence-corrected chi connectivity index (χ0v) is 20.5. The SMILES string of the molecule is CN=C(NCCNC(=O)c1ccc(OC)cc1)N1CCN(Cc2ccccc2)CC1.I. The summed E-state index contributed by atoms with van der Waals surface area (Å²) in [5, 5.41) is 6.28. The first-order valence-electron chi connectivity index (χ1n) is 10.3. The molecule has 31 heavy (non-hydrogen) atoms. The molecular formula is C23H32IN5O2. The summed E-state index contributed by atoms with van der Waals surface area (Å²) in [6.07, 6.45) is 0. The highest BCUT2D eigenvalue weighted by molar-refractivity contribution is 14.0. The zero-order chi connectivity index (χ0) is 21.2. The number of amides is 1. The molecule has 8 heteroatoms. The lowest BCUT2D eigenvalue weighted by atomic mass is 10.2. The van der Waals surface area contributed by atoms with Crippen LogP contribution >= 0.6 is 24.0 Å². The number of aliphatic imine (C=N–C) groups is 1. The predicted molar refractivity (Wildman–Crippen MR) is 135 cm³/mol. The van der Waals surface area contributed by atoms with Crippen molar-refractivity contribution in [3.05, 3.63) is 65.7 Å². The van der Waals surface area contributed by atoms with Gasteiger partial charge in [-0.2, -0.15) is 0 Å². The monoisotopic (exact) mass is 537 g/mol. The van der Waals surface area contributed by atoms with E-state index < -0.39 is 0 Å². The molecule has 2 aromatic rings. The quantitative estimate of drug-likeness (QED) is 0.246. The molecule has 0 saturated carbocycles. The van der Waals surface area contributed by atoms with Crippen molar-refractivity contribution >= 4 is 35.8 Å². The average Bonchev–Trinajstić information content (AvgIpc) is 2.80. The number of hydrogen-bond donors (Lipinski definition) is 2. The van der Waals surface area contributed by atoms with Gasteiger partial charge in [-0.15, -0.1) is 24.0 Å². The molecule has 1 heterocycles. The van der Waals surface area contributed by atoms with Crippen LogP contribution in [0.25, 0.3) is 0 Å². The van der Waals surface area contributed by atoms with Crippen LogP contribution in [-0.4, -0.2) is 75.1 Å². The van der Waals surface area contributed by atoms with Gasteiger partial charge in [-0.05, 0) is 29.8 Å². The van der Waals surface area contributed by atoms with Crippen LogP contribution in [0.15, 0.2) is 59.6 Å². The van der Waals surface area contributed by atoms with Crippen LogP contribution in [0.2, 0.25) is 0 Å². The average molecular weight is 537 g/mol. The molecule has 0 unspecified atom stereocenters. The third kappa shape index (κ3) is 7.70. The van der Waals surface area contributed by atoms with Crippen LogP contribution in [0, 0.1) is 0 Å². The van der Waals surface area contributed by atoms with E-state index >= 15 is 0 Å². The topological polar surface area (TPSA) is 69.2 Å². The van der Waals surface area contributed by atoms with E-state index in [1.807, 2.05) is 0 Å². The molecule has 0 bridgehead atoms. The second kappa shape index (κ2) is 13.2. The Morgan fingerprint density at radius 2 is 1.61 bits per heavy atom. The number of halogens is 1. The summed E-state index contributed by atoms with van der Waals surface area (Å²) in [5.74, 6) is 1.53. The fourth-order valence-electron chi connectivity index (χ4n) is 3.49. The first-order valence-corrected chi connectivity index (χ1v) is 10.3. The minimum absolute atomic E-state index is 0. The minimum atomic E-state index is -0.0935. The van der Waals surface area contributed by atoms with Crippen LogP contribution in [-0.2, 0) is 6.54 Å². The third-order valence-corrected chi connectivity index (χ3v) is 5.18. The number of nitrogens with one attached hydrogen (secondary N) is 2. The molecule has 1 amide bonds. The highest BCUT2D eigenvalue weighted by Crippen LogP contribution is 2.11. The van der Waals surface area contributed by atoms with Crippen LogP contribution in [0.3, 0.4) is 0 Å². The fraction of sp³-hybridized carbons (Fsp3) is 0.391. The number of rotatable bonds is 7. The zero-order valence-electron chi connectivity index (χ0n) is 18.2. The van der Waals surface area contributed by atoms with E-state index in [1.165, 1.54) is 5.56 Å². The van der Waals surface area contributed by atoms with Crippen molar-refractivity contribution in [1.82, 2.24) is 20.4 Å². The Labute approximate surface area is 201 Å². The third-order valence-electron chi connectivity index (χ3n) is 5.18. The van der Waals surface area contributed by atoms with Crippen molar-refractivity contribution in [2.75, 3.05) is 53.4 Å². The number of benzene rings is 2. The Bertz CT molecular complexity index is 822. The normalized spacial score (nSPS) is 14.5. The number of piperazine rings is 1. The number of ether oxygens (including phenoxy) is 1. The smallest absolute Gasteiger partial charge is 0.251 e. The Morgan fingerprint density at radius 1 is 0.968 bits per heavy atom. The van der Waals surface area contributed by atoms with Crippen molar-refractivity contribution < 1.29 is 9.53 Å². The molecule has 2 aromatic carbocycles. The van der Waals surface area contributed by atoms with Gasteiger partial charge in [0.25, 0.3) is 5.91 Å². The molecule has 168 valence electrons. The van der Waals surface area contributed by atoms with E-state index in [2.05, 4.69) is 55.8 Å². The molecule has 1 aliphatic heterocycles. The Kier molecular flexibility index (Phi) is 10.6. The minimum Gasteiger partial charge on any atom is -0.497 e. The van der Waals surface area contributed by atoms with Gasteiger partial charge in [-0.25, -0.2) is 0 Å². The van der Waals surface area contributed by atoms with Crippen molar-refractivity contribution in [3.63, 3.8) is 0 Å². The van der Waals surface area contributed by atoms with Gasteiger partial charge in [0.15, 0.2) is 5.96 Å². The highest BCUT2D eigenvalue weighted by Gasteiger charge is 2.19. The molecule has 1 aliphatic rings. The summed E-state index contributed by atoms with van der Waals surface area (Å²) < 4.78 is 5.12. The number of guanidine groups is 1. The summed E-state index contributed by atoms with van der Waals surface area (Å²) in [4.78, 5) is 21.4. The van der Waals surface area contributed by atoms with Gasteiger partial charge in [0.1, 0.15) is 5.75 Å². The molecule has 0 radical (unpaired) electrons. The van der Waals surface area contributed by atoms with Crippen LogP contribution in [0.1, 0.15) is 15.9 Å². The van der Waals surface area contributed by atoms with Gasteiger partial charge in [0, 0.05) is 58.4 Å². The van der Waals surface area contributed by atoms with Gasteiger partial charge in [0.05, 0.1) is 7.11 Å². The lowest BCUT2D eigenvalue weighted by Gasteiger charge is -2.36. The number of nitrogens with zero attached hydrogens (tertiary/aromatic N) is 3. The van der Waals surface area contributed by atoms with Crippen molar-refractivity contribution in [2.45, 2.75) is 6.54 Å². The maximum absolute atomic E-state index is 12.2. The lowest BCUT2D eigenvalue weighted by molar-refractivity contribution is 0.0954.